The first-order valence-electron chi connectivity index (χ1n) is 3.62. The van der Waals surface area contributed by atoms with Crippen molar-refractivity contribution in [3.63, 3.8) is 0 Å². The summed E-state index contributed by atoms with van der Waals surface area (Å²) in [6, 6.07) is 1.19. The number of benzene rings is 1. The van der Waals surface area contributed by atoms with Crippen LogP contribution in [0.3, 0.4) is 0 Å². The van der Waals surface area contributed by atoms with Crippen LogP contribution in [-0.4, -0.2) is 10.2 Å². The molecule has 0 aromatic heterocycles. The van der Waals surface area contributed by atoms with Gasteiger partial charge in [-0.2, -0.15) is 26.3 Å². The lowest BCUT2D eigenvalue weighted by molar-refractivity contribution is -0.140. The summed E-state index contributed by atoms with van der Waals surface area (Å²) in [5.41, 5.74) is -2.26. The normalized spacial score (nSPS) is 13.0. The predicted octanol–water partition coefficient (Wildman–Crippen LogP) is 2.52. The third kappa shape index (κ3) is 2.74. The molecule has 15 heavy (non-hydrogen) atoms. The molecular formula is C8H3F6Si. The summed E-state index contributed by atoms with van der Waals surface area (Å²) in [7, 11) is 2.51. The van der Waals surface area contributed by atoms with Gasteiger partial charge in [-0.25, -0.2) is 0 Å². The highest BCUT2D eigenvalue weighted by molar-refractivity contribution is 6.33. The number of hydrogen-bond acceptors (Lipinski definition) is 0. The van der Waals surface area contributed by atoms with E-state index in [4.69, 9.17) is 0 Å². The molecule has 81 valence electrons. The maximum absolute atomic E-state index is 12.2. The van der Waals surface area contributed by atoms with Gasteiger partial charge in [0.05, 0.1) is 21.4 Å². The van der Waals surface area contributed by atoms with E-state index >= 15 is 0 Å². The van der Waals surface area contributed by atoms with Gasteiger partial charge in [0.25, 0.3) is 0 Å². The first-order chi connectivity index (χ1) is 6.62. The second-order valence-electron chi connectivity index (χ2n) is 2.76. The molecule has 0 nitrogen and oxygen atoms in total. The van der Waals surface area contributed by atoms with Gasteiger partial charge in [-0.1, -0.05) is 11.3 Å². The zero-order chi connectivity index (χ0) is 11.9. The second-order valence-corrected chi connectivity index (χ2v) is 3.29. The highest BCUT2D eigenvalue weighted by Crippen LogP contribution is 2.32. The molecule has 0 amide bonds. The summed E-state index contributed by atoms with van der Waals surface area (Å²) in [4.78, 5) is 0. The standard InChI is InChI=1S/C8H3F6Si/c9-7(10,11)4-1-2-5(6(15)3-4)8(12,13)14/h1-3H. The van der Waals surface area contributed by atoms with Crippen molar-refractivity contribution in [1.82, 2.24) is 0 Å². The van der Waals surface area contributed by atoms with Crippen molar-refractivity contribution in [2.24, 2.45) is 0 Å². The van der Waals surface area contributed by atoms with Crippen LogP contribution in [0, 0.1) is 0 Å². The van der Waals surface area contributed by atoms with Crippen LogP contribution in [0.4, 0.5) is 26.3 Å². The van der Waals surface area contributed by atoms with Gasteiger partial charge in [-0.15, -0.1) is 0 Å². The molecule has 0 spiro atoms. The van der Waals surface area contributed by atoms with Crippen molar-refractivity contribution in [2.75, 3.05) is 0 Å². The third-order valence-electron chi connectivity index (χ3n) is 1.65. The largest absolute Gasteiger partial charge is 0.416 e. The van der Waals surface area contributed by atoms with E-state index in [-0.39, 0.29) is 0 Å². The van der Waals surface area contributed by atoms with Crippen LogP contribution in [0.5, 0.6) is 0 Å². The van der Waals surface area contributed by atoms with Crippen molar-refractivity contribution in [1.29, 1.82) is 0 Å². The van der Waals surface area contributed by atoms with Crippen LogP contribution in [-0.2, 0) is 12.4 Å². The quantitative estimate of drug-likeness (QED) is 0.483. The SMILES string of the molecule is FC(F)(F)c1ccc(C(F)(F)F)c([Si])c1. The molecule has 0 atom stereocenters. The molecular weight excluding hydrogens is 238 g/mol. The molecule has 0 heterocycles. The molecule has 1 rings (SSSR count). The van der Waals surface area contributed by atoms with E-state index in [1.807, 2.05) is 0 Å². The Hall–Kier alpha value is -0.983. The second kappa shape index (κ2) is 3.55. The van der Waals surface area contributed by atoms with Crippen molar-refractivity contribution in [3.05, 3.63) is 29.3 Å². The van der Waals surface area contributed by atoms with Crippen LogP contribution in [0.15, 0.2) is 18.2 Å². The summed E-state index contributed by atoms with van der Waals surface area (Å²) in [6.07, 6.45) is -9.31. The Morgan fingerprint density at radius 2 is 1.40 bits per heavy atom. The summed E-state index contributed by atoms with van der Waals surface area (Å²) < 4.78 is 72.8. The van der Waals surface area contributed by atoms with Gasteiger partial charge < -0.3 is 0 Å². The molecule has 3 radical (unpaired) electrons. The maximum atomic E-state index is 12.2. The Bertz CT molecular complexity index is 364. The average Bonchev–Trinajstić information content (AvgIpc) is 1.99. The Labute approximate surface area is 84.3 Å². The van der Waals surface area contributed by atoms with E-state index in [0.717, 1.165) is 0 Å². The summed E-state index contributed by atoms with van der Waals surface area (Å²) in [6.45, 7) is 0. The first-order valence-corrected chi connectivity index (χ1v) is 4.12. The van der Waals surface area contributed by atoms with Crippen LogP contribution in [0.2, 0.25) is 0 Å². The fourth-order valence-corrected chi connectivity index (χ4v) is 1.35. The monoisotopic (exact) mass is 241 g/mol. The van der Waals surface area contributed by atoms with Gasteiger partial charge in [0.15, 0.2) is 0 Å². The molecule has 0 unspecified atom stereocenters. The predicted molar refractivity (Wildman–Crippen MR) is 41.8 cm³/mol. The minimum absolute atomic E-state index is 0.394. The van der Waals surface area contributed by atoms with E-state index < -0.39 is 28.7 Å². The van der Waals surface area contributed by atoms with Crippen LogP contribution >= 0.6 is 0 Å². The fraction of sp³-hybridized carbons (Fsp3) is 0.250. The minimum atomic E-state index is -4.67. The smallest absolute Gasteiger partial charge is 0.166 e. The maximum Gasteiger partial charge on any atom is 0.416 e. The van der Waals surface area contributed by atoms with E-state index in [2.05, 4.69) is 10.2 Å². The highest BCUT2D eigenvalue weighted by Gasteiger charge is 2.35. The van der Waals surface area contributed by atoms with Gasteiger partial charge in [0, 0.05) is 0 Å². The molecule has 1 aromatic rings. The van der Waals surface area contributed by atoms with E-state index in [1.54, 1.807) is 0 Å². The Balaban J connectivity index is 3.21. The third-order valence-corrected chi connectivity index (χ3v) is 2.07. The molecule has 0 aliphatic rings. The molecule has 0 aliphatic carbocycles. The van der Waals surface area contributed by atoms with E-state index in [1.165, 1.54) is 0 Å². The zero-order valence-electron chi connectivity index (χ0n) is 7.00. The van der Waals surface area contributed by atoms with Gasteiger partial charge in [-0.05, 0) is 12.1 Å². The van der Waals surface area contributed by atoms with Crippen molar-refractivity contribution < 1.29 is 26.3 Å². The molecule has 7 heteroatoms. The van der Waals surface area contributed by atoms with Crippen molar-refractivity contribution >= 4 is 15.4 Å². The van der Waals surface area contributed by atoms with Crippen LogP contribution < -0.4 is 5.19 Å². The zero-order valence-corrected chi connectivity index (χ0v) is 8.00. The van der Waals surface area contributed by atoms with Gasteiger partial charge in [-0.3, -0.25) is 0 Å². The van der Waals surface area contributed by atoms with Gasteiger partial charge in [0.2, 0.25) is 0 Å². The molecule has 0 aliphatic heterocycles. The average molecular weight is 241 g/mol. The van der Waals surface area contributed by atoms with Crippen LogP contribution in [0.25, 0.3) is 0 Å². The van der Waals surface area contributed by atoms with E-state index in [0.29, 0.717) is 18.2 Å². The van der Waals surface area contributed by atoms with Crippen molar-refractivity contribution in [3.8, 4) is 0 Å². The lowest BCUT2D eigenvalue weighted by atomic mass is 10.1. The summed E-state index contributed by atoms with van der Waals surface area (Å²) in [5.74, 6) is 0. The molecule has 0 bridgehead atoms. The number of halogens is 6. The minimum Gasteiger partial charge on any atom is -0.166 e. The Morgan fingerprint density at radius 1 is 0.867 bits per heavy atom. The first kappa shape index (κ1) is 12.1. The fourth-order valence-electron chi connectivity index (χ4n) is 0.968. The lowest BCUT2D eigenvalue weighted by Crippen LogP contribution is -2.21. The molecule has 1 aromatic carbocycles. The number of rotatable bonds is 0. The summed E-state index contributed by atoms with van der Waals surface area (Å²) in [5, 5.41) is -0.627. The molecule has 0 N–H and O–H groups in total. The Morgan fingerprint density at radius 3 is 1.73 bits per heavy atom. The number of alkyl halides is 6. The van der Waals surface area contributed by atoms with E-state index in [9.17, 15) is 26.3 Å². The van der Waals surface area contributed by atoms with Gasteiger partial charge >= 0.3 is 12.4 Å². The van der Waals surface area contributed by atoms with Crippen LogP contribution in [0.1, 0.15) is 11.1 Å². The topological polar surface area (TPSA) is 0 Å². The van der Waals surface area contributed by atoms with Gasteiger partial charge in [0.1, 0.15) is 0 Å². The molecule has 0 saturated carbocycles. The molecule has 0 fully saturated rings. The molecule has 0 saturated heterocycles. The lowest BCUT2D eigenvalue weighted by Gasteiger charge is -2.13. The number of hydrogen-bond donors (Lipinski definition) is 0. The highest BCUT2D eigenvalue weighted by atomic mass is 28.1. The van der Waals surface area contributed by atoms with Crippen molar-refractivity contribution in [2.45, 2.75) is 12.4 Å². The summed E-state index contributed by atoms with van der Waals surface area (Å²) >= 11 is 0. The Kier molecular flexibility index (Phi) is 2.86.